The first-order valence-electron chi connectivity index (χ1n) is 8.65. The van der Waals surface area contributed by atoms with Crippen LogP contribution in [0.2, 0.25) is 0 Å². The molecule has 0 bridgehead atoms. The molecule has 0 fully saturated rings. The highest BCUT2D eigenvalue weighted by Crippen LogP contribution is 2.22. The largest absolute Gasteiger partial charge is 0.384 e. The topological polar surface area (TPSA) is 97.1 Å². The molecule has 0 aliphatic carbocycles. The van der Waals surface area contributed by atoms with Crippen LogP contribution in [0.25, 0.3) is 0 Å². The van der Waals surface area contributed by atoms with Gasteiger partial charge >= 0.3 is 0 Å². The third-order valence-corrected chi connectivity index (χ3v) is 5.65. The lowest BCUT2D eigenvalue weighted by Gasteiger charge is -2.09. The van der Waals surface area contributed by atoms with Crippen LogP contribution < -0.4 is 10.0 Å². The molecule has 3 aromatic rings. The van der Waals surface area contributed by atoms with Gasteiger partial charge < -0.3 is 9.84 Å². The molecule has 27 heavy (non-hydrogen) atoms. The van der Waals surface area contributed by atoms with E-state index in [1.54, 1.807) is 32.2 Å². The highest BCUT2D eigenvalue weighted by atomic mass is 32.2. The average Bonchev–Trinajstić information content (AvgIpc) is 3.00. The highest BCUT2D eigenvalue weighted by molar-refractivity contribution is 7.92. The van der Waals surface area contributed by atoms with Crippen molar-refractivity contribution < 1.29 is 12.9 Å². The van der Waals surface area contributed by atoms with Crippen LogP contribution >= 0.6 is 0 Å². The Morgan fingerprint density at radius 3 is 2.48 bits per heavy atom. The molecule has 0 saturated carbocycles. The van der Waals surface area contributed by atoms with Gasteiger partial charge in [0, 0.05) is 6.54 Å². The molecule has 7 nitrogen and oxygen atoms in total. The van der Waals surface area contributed by atoms with Crippen molar-refractivity contribution in [1.29, 1.82) is 0 Å². The number of nitrogens with one attached hydrogen (secondary N) is 2. The number of pyridine rings is 1. The Morgan fingerprint density at radius 2 is 1.85 bits per heavy atom. The summed E-state index contributed by atoms with van der Waals surface area (Å²) in [4.78, 5) is 4.21. The lowest BCUT2D eigenvalue weighted by atomic mass is 10.1. The smallest absolute Gasteiger partial charge is 0.268 e. The number of anilines is 2. The van der Waals surface area contributed by atoms with E-state index >= 15 is 0 Å². The summed E-state index contributed by atoms with van der Waals surface area (Å²) in [5, 5.41) is 6.96. The first kappa shape index (κ1) is 18.9. The van der Waals surface area contributed by atoms with Crippen LogP contribution in [0.3, 0.4) is 0 Å². The molecule has 1 aromatic carbocycles. The van der Waals surface area contributed by atoms with Gasteiger partial charge in [0.05, 0.1) is 11.9 Å². The number of sulfonamides is 1. The first-order valence-corrected chi connectivity index (χ1v) is 10.1. The van der Waals surface area contributed by atoms with Gasteiger partial charge in [0.25, 0.3) is 10.0 Å². The molecule has 0 spiro atoms. The summed E-state index contributed by atoms with van der Waals surface area (Å²) in [5.74, 6) is 0.488. The molecule has 2 aromatic heterocycles. The minimum atomic E-state index is -3.78. The molecule has 142 valence electrons. The Morgan fingerprint density at radius 1 is 1.07 bits per heavy atom. The maximum Gasteiger partial charge on any atom is 0.268 e. The van der Waals surface area contributed by atoms with Crippen molar-refractivity contribution in [2.75, 3.05) is 16.6 Å². The number of rotatable bonds is 8. The number of aromatic nitrogens is 2. The number of hydrogen-bond donors (Lipinski definition) is 2. The molecule has 8 heteroatoms. The number of hydrogen-bond acceptors (Lipinski definition) is 6. The third kappa shape index (κ3) is 4.85. The van der Waals surface area contributed by atoms with Crippen LogP contribution in [0.1, 0.15) is 23.4 Å². The summed E-state index contributed by atoms with van der Waals surface area (Å²) in [6, 6.07) is 13.7. The fourth-order valence-corrected chi connectivity index (χ4v) is 4.12. The molecule has 0 unspecified atom stereocenters. The average molecular weight is 386 g/mol. The quantitative estimate of drug-likeness (QED) is 0.575. The van der Waals surface area contributed by atoms with Gasteiger partial charge in [-0.05, 0) is 44.4 Å². The zero-order valence-corrected chi connectivity index (χ0v) is 16.1. The second-order valence-corrected chi connectivity index (χ2v) is 7.83. The first-order chi connectivity index (χ1) is 13.0. The number of aryl methyl sites for hydroxylation is 3. The predicted octanol–water partition coefficient (Wildman–Crippen LogP) is 3.53. The molecule has 0 atom stereocenters. The van der Waals surface area contributed by atoms with E-state index in [9.17, 15) is 8.42 Å². The summed E-state index contributed by atoms with van der Waals surface area (Å²) in [6.45, 7) is 3.95. The van der Waals surface area contributed by atoms with E-state index in [4.69, 9.17) is 4.52 Å². The Labute approximate surface area is 158 Å². The van der Waals surface area contributed by atoms with Gasteiger partial charge in [0.15, 0.2) is 10.7 Å². The molecule has 2 heterocycles. The minimum Gasteiger partial charge on any atom is -0.384 e. The van der Waals surface area contributed by atoms with Gasteiger partial charge in [0.1, 0.15) is 11.5 Å². The minimum absolute atomic E-state index is 0.0485. The van der Waals surface area contributed by atoms with E-state index in [0.717, 1.165) is 25.1 Å². The van der Waals surface area contributed by atoms with E-state index in [1.165, 1.54) is 5.56 Å². The fourth-order valence-electron chi connectivity index (χ4n) is 2.78. The molecule has 0 amide bonds. The van der Waals surface area contributed by atoms with E-state index < -0.39 is 10.0 Å². The van der Waals surface area contributed by atoms with E-state index in [1.807, 2.05) is 18.2 Å². The van der Waals surface area contributed by atoms with Crippen LogP contribution in [-0.2, 0) is 16.4 Å². The van der Waals surface area contributed by atoms with Crippen molar-refractivity contribution in [3.63, 3.8) is 0 Å². The normalized spacial score (nSPS) is 11.3. The van der Waals surface area contributed by atoms with Crippen molar-refractivity contribution in [3.05, 3.63) is 65.7 Å². The van der Waals surface area contributed by atoms with Crippen LogP contribution in [-0.4, -0.2) is 25.1 Å². The number of nitrogens with zero attached hydrogens (tertiary/aromatic N) is 2. The number of benzene rings is 1. The van der Waals surface area contributed by atoms with Crippen LogP contribution in [0.15, 0.2) is 58.1 Å². The standard InChI is InChI=1S/C19H22N4O3S/c1-14-19(15(2)26-22-14)27(24,25)23-18-11-10-17(13-21-18)20-12-6-9-16-7-4-3-5-8-16/h3-5,7-8,10-11,13,20H,6,9,12H2,1-2H3,(H,21,23). The maximum atomic E-state index is 12.5. The third-order valence-electron chi connectivity index (χ3n) is 4.05. The second kappa shape index (κ2) is 8.22. The van der Waals surface area contributed by atoms with Gasteiger partial charge in [-0.3, -0.25) is 4.72 Å². The molecule has 0 aliphatic rings. The lowest BCUT2D eigenvalue weighted by molar-refractivity contribution is 0.390. The lowest BCUT2D eigenvalue weighted by Crippen LogP contribution is -2.15. The molecule has 3 rings (SSSR count). The summed E-state index contributed by atoms with van der Waals surface area (Å²) in [5.41, 5.74) is 2.46. The van der Waals surface area contributed by atoms with Gasteiger partial charge in [-0.2, -0.15) is 0 Å². The van der Waals surface area contributed by atoms with E-state index in [-0.39, 0.29) is 16.5 Å². The van der Waals surface area contributed by atoms with Gasteiger partial charge in [-0.1, -0.05) is 35.5 Å². The van der Waals surface area contributed by atoms with Crippen molar-refractivity contribution in [1.82, 2.24) is 10.1 Å². The summed E-state index contributed by atoms with van der Waals surface area (Å²) in [6.07, 6.45) is 3.59. The maximum absolute atomic E-state index is 12.5. The predicted molar refractivity (Wildman–Crippen MR) is 104 cm³/mol. The Balaban J connectivity index is 1.54. The fraction of sp³-hybridized carbons (Fsp3) is 0.263. The highest BCUT2D eigenvalue weighted by Gasteiger charge is 2.24. The Bertz CT molecular complexity index is 964. The SMILES string of the molecule is Cc1noc(C)c1S(=O)(=O)Nc1ccc(NCCCc2ccccc2)cn1. The molecule has 2 N–H and O–H groups in total. The van der Waals surface area contributed by atoms with Crippen LogP contribution in [0.5, 0.6) is 0 Å². The van der Waals surface area contributed by atoms with Crippen molar-refractivity contribution >= 4 is 21.5 Å². The van der Waals surface area contributed by atoms with Crippen molar-refractivity contribution in [3.8, 4) is 0 Å². The van der Waals surface area contributed by atoms with E-state index in [0.29, 0.717) is 5.69 Å². The van der Waals surface area contributed by atoms with Crippen molar-refractivity contribution in [2.24, 2.45) is 0 Å². The monoisotopic (exact) mass is 386 g/mol. The zero-order chi connectivity index (χ0) is 19.3. The summed E-state index contributed by atoms with van der Waals surface area (Å²) >= 11 is 0. The molecule has 0 aliphatic heterocycles. The van der Waals surface area contributed by atoms with Crippen LogP contribution in [0, 0.1) is 13.8 Å². The molecule has 0 saturated heterocycles. The Hall–Kier alpha value is -2.87. The molecule has 0 radical (unpaired) electrons. The summed E-state index contributed by atoms with van der Waals surface area (Å²) < 4.78 is 32.3. The van der Waals surface area contributed by atoms with Gasteiger partial charge in [0.2, 0.25) is 0 Å². The Kier molecular flexibility index (Phi) is 5.75. The van der Waals surface area contributed by atoms with Gasteiger partial charge in [-0.25, -0.2) is 13.4 Å². The second-order valence-electron chi connectivity index (χ2n) is 6.21. The zero-order valence-electron chi connectivity index (χ0n) is 15.3. The molecular formula is C19H22N4O3S. The van der Waals surface area contributed by atoms with Crippen LogP contribution in [0.4, 0.5) is 11.5 Å². The van der Waals surface area contributed by atoms with Gasteiger partial charge in [-0.15, -0.1) is 0 Å². The summed E-state index contributed by atoms with van der Waals surface area (Å²) in [7, 11) is -3.78. The van der Waals surface area contributed by atoms with E-state index in [2.05, 4.69) is 32.3 Å². The molecular weight excluding hydrogens is 364 g/mol. The van der Waals surface area contributed by atoms with Crippen molar-refractivity contribution in [2.45, 2.75) is 31.6 Å².